The van der Waals surface area contributed by atoms with Crippen LogP contribution in [0.15, 0.2) is 46.9 Å². The molecule has 0 radical (unpaired) electrons. The number of phenols is 1. The lowest BCUT2D eigenvalue weighted by molar-refractivity contribution is 0.356. The number of aromatic hydroxyl groups is 1. The molecule has 20 heavy (non-hydrogen) atoms. The highest BCUT2D eigenvalue weighted by Crippen LogP contribution is 2.32. The fourth-order valence-corrected chi connectivity index (χ4v) is 2.76. The number of hydrogen-bond donors (Lipinski definition) is 1. The van der Waals surface area contributed by atoms with Gasteiger partial charge in [0.15, 0.2) is 0 Å². The van der Waals surface area contributed by atoms with E-state index in [-0.39, 0.29) is 0 Å². The number of hydrogen-bond acceptors (Lipinski definition) is 2. The molecule has 3 heteroatoms. The van der Waals surface area contributed by atoms with Crippen LogP contribution in [0.4, 0.5) is 0 Å². The molecule has 3 rings (SSSR count). The van der Waals surface area contributed by atoms with Crippen LogP contribution in [0.5, 0.6) is 11.5 Å². The predicted molar refractivity (Wildman–Crippen MR) is 84.2 cm³/mol. The molecule has 102 valence electrons. The molecule has 0 amide bonds. The molecule has 1 aliphatic heterocycles. The zero-order valence-corrected chi connectivity index (χ0v) is 12.6. The van der Waals surface area contributed by atoms with Crippen LogP contribution in [0, 0.1) is 0 Å². The number of ether oxygens (including phenoxy) is 1. The Morgan fingerprint density at radius 1 is 1.25 bits per heavy atom. The molecule has 0 spiro atoms. The van der Waals surface area contributed by atoms with Crippen LogP contribution in [0.25, 0.3) is 6.08 Å². The van der Waals surface area contributed by atoms with Crippen molar-refractivity contribution in [1.82, 2.24) is 0 Å². The summed E-state index contributed by atoms with van der Waals surface area (Å²) in [5, 5.41) is 10.0. The molecule has 2 aromatic rings. The zero-order chi connectivity index (χ0) is 13.9. The molecule has 0 bridgehead atoms. The van der Waals surface area contributed by atoms with Gasteiger partial charge in [-0.3, -0.25) is 0 Å². The Morgan fingerprint density at radius 3 is 2.95 bits per heavy atom. The van der Waals surface area contributed by atoms with E-state index >= 15 is 0 Å². The van der Waals surface area contributed by atoms with Gasteiger partial charge in [0.25, 0.3) is 0 Å². The second kappa shape index (κ2) is 5.71. The summed E-state index contributed by atoms with van der Waals surface area (Å²) in [5.74, 6) is 1.26. The van der Waals surface area contributed by atoms with Gasteiger partial charge >= 0.3 is 0 Å². The standard InChI is InChI=1S/C17H15BrO2/c18-15-7-2-1-4-12(15)5-3-6-13-11-17-14(8-9-20-17)10-16(13)19/h1-5,7,10-11,19H,6,8-9H2. The normalized spacial score (nSPS) is 13.4. The summed E-state index contributed by atoms with van der Waals surface area (Å²) < 4.78 is 6.60. The minimum atomic E-state index is 0.353. The van der Waals surface area contributed by atoms with Gasteiger partial charge in [0.1, 0.15) is 11.5 Å². The minimum Gasteiger partial charge on any atom is -0.508 e. The Balaban J connectivity index is 1.77. The predicted octanol–water partition coefficient (Wildman–Crippen LogP) is 4.35. The molecule has 1 aliphatic rings. The third-order valence-corrected chi connectivity index (χ3v) is 4.15. The average Bonchev–Trinajstić information content (AvgIpc) is 2.88. The molecule has 0 aromatic heterocycles. The maximum Gasteiger partial charge on any atom is 0.123 e. The second-order valence-corrected chi connectivity index (χ2v) is 5.67. The maximum atomic E-state index is 10.0. The summed E-state index contributed by atoms with van der Waals surface area (Å²) in [4.78, 5) is 0. The molecule has 1 N–H and O–H groups in total. The van der Waals surface area contributed by atoms with Crippen LogP contribution < -0.4 is 4.74 Å². The van der Waals surface area contributed by atoms with Gasteiger partial charge in [-0.25, -0.2) is 0 Å². The first-order valence-electron chi connectivity index (χ1n) is 6.62. The van der Waals surface area contributed by atoms with Gasteiger partial charge in [0, 0.05) is 22.0 Å². The van der Waals surface area contributed by atoms with Gasteiger partial charge in [-0.05, 0) is 30.2 Å². The highest BCUT2D eigenvalue weighted by Gasteiger charge is 2.14. The third-order valence-electron chi connectivity index (χ3n) is 3.43. The highest BCUT2D eigenvalue weighted by atomic mass is 79.9. The first-order chi connectivity index (χ1) is 9.74. The van der Waals surface area contributed by atoms with E-state index in [1.54, 1.807) is 0 Å². The SMILES string of the molecule is Oc1cc2c(cc1CC=Cc1ccccc1Br)OCC2. The first-order valence-corrected chi connectivity index (χ1v) is 7.42. The lowest BCUT2D eigenvalue weighted by atomic mass is 10.0. The Morgan fingerprint density at radius 2 is 2.10 bits per heavy atom. The number of phenolic OH excluding ortho intramolecular Hbond substituents is 1. The molecule has 0 saturated carbocycles. The molecular weight excluding hydrogens is 316 g/mol. The number of allylic oxidation sites excluding steroid dienone is 1. The molecule has 0 fully saturated rings. The smallest absolute Gasteiger partial charge is 0.123 e. The average molecular weight is 331 g/mol. The summed E-state index contributed by atoms with van der Waals surface area (Å²) in [6.45, 7) is 0.713. The largest absolute Gasteiger partial charge is 0.508 e. The number of fused-ring (bicyclic) bond motifs is 1. The van der Waals surface area contributed by atoms with Gasteiger partial charge < -0.3 is 9.84 Å². The van der Waals surface area contributed by atoms with Crippen molar-refractivity contribution in [2.24, 2.45) is 0 Å². The fraction of sp³-hybridized carbons (Fsp3) is 0.176. The van der Waals surface area contributed by atoms with E-state index in [2.05, 4.69) is 28.1 Å². The van der Waals surface area contributed by atoms with Crippen LogP contribution in [0.2, 0.25) is 0 Å². The minimum absolute atomic E-state index is 0.353. The molecule has 0 unspecified atom stereocenters. The van der Waals surface area contributed by atoms with Gasteiger partial charge in [-0.1, -0.05) is 46.3 Å². The summed E-state index contributed by atoms with van der Waals surface area (Å²) in [6, 6.07) is 11.8. The molecule has 0 saturated heterocycles. The van der Waals surface area contributed by atoms with Crippen LogP contribution in [-0.4, -0.2) is 11.7 Å². The third kappa shape index (κ3) is 2.73. The molecular formula is C17H15BrO2. The van der Waals surface area contributed by atoms with Crippen molar-refractivity contribution >= 4 is 22.0 Å². The summed E-state index contributed by atoms with van der Waals surface area (Å²) in [7, 11) is 0. The summed E-state index contributed by atoms with van der Waals surface area (Å²) in [6.07, 6.45) is 5.67. The van der Waals surface area contributed by atoms with E-state index in [1.807, 2.05) is 36.4 Å². The quantitative estimate of drug-likeness (QED) is 0.906. The topological polar surface area (TPSA) is 29.5 Å². The lowest BCUT2D eigenvalue weighted by Crippen LogP contribution is -1.87. The Hall–Kier alpha value is -1.74. The molecule has 0 atom stereocenters. The van der Waals surface area contributed by atoms with Crippen molar-refractivity contribution in [3.05, 3.63) is 63.6 Å². The summed E-state index contributed by atoms with van der Waals surface area (Å²) >= 11 is 3.52. The van der Waals surface area contributed by atoms with Gasteiger partial charge in [-0.15, -0.1) is 0 Å². The number of rotatable bonds is 3. The Labute approximate surface area is 126 Å². The van der Waals surface area contributed by atoms with Gasteiger partial charge in [-0.2, -0.15) is 0 Å². The first kappa shape index (κ1) is 13.3. The van der Waals surface area contributed by atoms with Crippen molar-refractivity contribution in [1.29, 1.82) is 0 Å². The number of halogens is 1. The number of benzene rings is 2. The van der Waals surface area contributed by atoms with Crippen LogP contribution in [-0.2, 0) is 12.8 Å². The van der Waals surface area contributed by atoms with E-state index in [0.29, 0.717) is 18.8 Å². The van der Waals surface area contributed by atoms with E-state index < -0.39 is 0 Å². The van der Waals surface area contributed by atoms with Crippen molar-refractivity contribution < 1.29 is 9.84 Å². The zero-order valence-electron chi connectivity index (χ0n) is 11.0. The van der Waals surface area contributed by atoms with Crippen LogP contribution in [0.3, 0.4) is 0 Å². The van der Waals surface area contributed by atoms with Crippen LogP contribution >= 0.6 is 15.9 Å². The molecule has 1 heterocycles. The monoisotopic (exact) mass is 330 g/mol. The molecule has 2 aromatic carbocycles. The fourth-order valence-electron chi connectivity index (χ4n) is 2.34. The van der Waals surface area contributed by atoms with E-state index in [9.17, 15) is 5.11 Å². The van der Waals surface area contributed by atoms with Crippen molar-refractivity contribution in [3.63, 3.8) is 0 Å². The van der Waals surface area contributed by atoms with Crippen LogP contribution in [0.1, 0.15) is 16.7 Å². The van der Waals surface area contributed by atoms with E-state index in [1.165, 1.54) is 0 Å². The van der Waals surface area contributed by atoms with Crippen molar-refractivity contribution in [3.8, 4) is 11.5 Å². The lowest BCUT2D eigenvalue weighted by Gasteiger charge is -2.05. The highest BCUT2D eigenvalue weighted by molar-refractivity contribution is 9.10. The van der Waals surface area contributed by atoms with Gasteiger partial charge in [0.05, 0.1) is 6.61 Å². The van der Waals surface area contributed by atoms with E-state index in [4.69, 9.17) is 4.74 Å². The second-order valence-electron chi connectivity index (χ2n) is 4.82. The summed E-state index contributed by atoms with van der Waals surface area (Å²) in [5.41, 5.74) is 3.12. The Kier molecular flexibility index (Phi) is 3.79. The van der Waals surface area contributed by atoms with Gasteiger partial charge in [0.2, 0.25) is 0 Å². The van der Waals surface area contributed by atoms with Crippen molar-refractivity contribution in [2.75, 3.05) is 6.61 Å². The van der Waals surface area contributed by atoms with Crippen molar-refractivity contribution in [2.45, 2.75) is 12.8 Å². The molecule has 2 nitrogen and oxygen atoms in total. The van der Waals surface area contributed by atoms with E-state index in [0.717, 1.165) is 33.3 Å². The molecule has 0 aliphatic carbocycles. The Bertz CT molecular complexity index is 662. The maximum absolute atomic E-state index is 10.0.